The van der Waals surface area contributed by atoms with Crippen molar-refractivity contribution in [3.8, 4) is 0 Å². The zero-order valence-corrected chi connectivity index (χ0v) is 19.7. The third kappa shape index (κ3) is 3.83. The highest BCUT2D eigenvalue weighted by atomic mass is 16.1. The summed E-state index contributed by atoms with van der Waals surface area (Å²) in [5, 5.41) is 0. The minimum atomic E-state index is -0.835. The molecule has 3 aromatic carbocycles. The van der Waals surface area contributed by atoms with Gasteiger partial charge in [0.2, 0.25) is 5.91 Å². The number of benzene rings is 3. The first kappa shape index (κ1) is 22.1. The Bertz CT molecular complexity index is 1210. The Balaban J connectivity index is 1.48. The molecule has 1 aromatic heterocycles. The van der Waals surface area contributed by atoms with Crippen molar-refractivity contribution in [2.75, 3.05) is 0 Å². The maximum atomic E-state index is 13.3. The minimum absolute atomic E-state index is 0.129. The van der Waals surface area contributed by atoms with Crippen molar-refractivity contribution in [1.82, 2.24) is 4.57 Å². The summed E-state index contributed by atoms with van der Waals surface area (Å²) in [6.07, 6.45) is 7.26. The summed E-state index contributed by atoms with van der Waals surface area (Å²) in [6, 6.07) is 31.1. The summed E-state index contributed by atoms with van der Waals surface area (Å²) >= 11 is 0. The van der Waals surface area contributed by atoms with Crippen LogP contribution >= 0.6 is 0 Å². The molecule has 4 heteroatoms. The van der Waals surface area contributed by atoms with Gasteiger partial charge in [-0.05, 0) is 41.9 Å². The first-order valence-electron chi connectivity index (χ1n) is 12.1. The van der Waals surface area contributed by atoms with Gasteiger partial charge in [0.15, 0.2) is 0 Å². The summed E-state index contributed by atoms with van der Waals surface area (Å²) in [5.74, 6) is 1.10. The van der Waals surface area contributed by atoms with Crippen molar-refractivity contribution in [1.29, 1.82) is 0 Å². The molecule has 0 saturated heterocycles. The number of imidazole rings is 1. The lowest BCUT2D eigenvalue weighted by atomic mass is 9.64. The highest BCUT2D eigenvalue weighted by molar-refractivity contribution is 5.91. The fraction of sp³-hybridized carbons (Fsp3) is 0.267. The van der Waals surface area contributed by atoms with Gasteiger partial charge in [-0.25, -0.2) is 9.13 Å². The number of amides is 1. The van der Waals surface area contributed by atoms with Crippen LogP contribution in [-0.2, 0) is 16.8 Å². The molecule has 1 heterocycles. The molecule has 1 aliphatic rings. The standard InChI is InChI=1S/C30H31N3O/c1-23-32(22-24-11-5-2-6-12-24)19-20-33(23)28-18-17-27(21-28)30(29(31)34,25-13-7-3-8-14-25)26-15-9-4-10-16-26/h2-16,19-20,27-28H,17-18,21-22H2,1H3,(H-,31,34)/p+1/t27-,28-/m0/s1. The molecule has 34 heavy (non-hydrogen) atoms. The van der Waals surface area contributed by atoms with Crippen LogP contribution in [0.5, 0.6) is 0 Å². The average molecular weight is 451 g/mol. The van der Waals surface area contributed by atoms with E-state index >= 15 is 0 Å². The second-order valence-corrected chi connectivity index (χ2v) is 9.43. The fourth-order valence-electron chi connectivity index (χ4n) is 5.98. The largest absolute Gasteiger partial charge is 0.369 e. The summed E-state index contributed by atoms with van der Waals surface area (Å²) in [5.41, 5.74) is 8.70. The van der Waals surface area contributed by atoms with Crippen LogP contribution in [0.3, 0.4) is 0 Å². The van der Waals surface area contributed by atoms with E-state index in [0.717, 1.165) is 36.9 Å². The highest BCUT2D eigenvalue weighted by Gasteiger charge is 2.51. The molecule has 172 valence electrons. The number of hydrogen-bond donors (Lipinski definition) is 1. The van der Waals surface area contributed by atoms with Gasteiger partial charge in [-0.15, -0.1) is 0 Å². The Morgan fingerprint density at radius 3 is 2.03 bits per heavy atom. The number of carbonyl (C=O) groups excluding carboxylic acids is 1. The lowest BCUT2D eigenvalue weighted by Crippen LogP contribution is -2.47. The highest BCUT2D eigenvalue weighted by Crippen LogP contribution is 2.49. The second kappa shape index (κ2) is 9.30. The third-order valence-electron chi connectivity index (χ3n) is 7.65. The summed E-state index contributed by atoms with van der Waals surface area (Å²) in [7, 11) is 0. The van der Waals surface area contributed by atoms with Gasteiger partial charge in [0.25, 0.3) is 5.82 Å². The summed E-state index contributed by atoms with van der Waals surface area (Å²) in [4.78, 5) is 13.3. The Hall–Kier alpha value is -3.66. The zero-order valence-electron chi connectivity index (χ0n) is 19.7. The van der Waals surface area contributed by atoms with Crippen LogP contribution in [0.4, 0.5) is 0 Å². The van der Waals surface area contributed by atoms with Crippen molar-refractivity contribution >= 4 is 5.91 Å². The molecular formula is C30H32N3O+. The van der Waals surface area contributed by atoms with Gasteiger partial charge in [-0.3, -0.25) is 4.79 Å². The topological polar surface area (TPSA) is 51.9 Å². The maximum absolute atomic E-state index is 13.3. The molecule has 1 saturated carbocycles. The predicted molar refractivity (Wildman–Crippen MR) is 134 cm³/mol. The van der Waals surface area contributed by atoms with Crippen molar-refractivity contribution < 1.29 is 9.36 Å². The normalized spacial score (nSPS) is 18.1. The van der Waals surface area contributed by atoms with Crippen LogP contribution in [0.15, 0.2) is 103 Å². The molecule has 0 bridgehead atoms. The molecule has 0 spiro atoms. The van der Waals surface area contributed by atoms with E-state index in [1.807, 2.05) is 36.4 Å². The van der Waals surface area contributed by atoms with Gasteiger partial charge in [0.05, 0.1) is 0 Å². The molecular weight excluding hydrogens is 418 g/mol. The van der Waals surface area contributed by atoms with Crippen LogP contribution in [-0.4, -0.2) is 10.5 Å². The van der Waals surface area contributed by atoms with E-state index in [1.54, 1.807) is 0 Å². The molecule has 4 nitrogen and oxygen atoms in total. The van der Waals surface area contributed by atoms with Crippen LogP contribution in [0.25, 0.3) is 0 Å². The van der Waals surface area contributed by atoms with Crippen LogP contribution in [0.2, 0.25) is 0 Å². The van der Waals surface area contributed by atoms with Gasteiger partial charge in [0.1, 0.15) is 30.4 Å². The molecule has 2 N–H and O–H groups in total. The first-order chi connectivity index (χ1) is 16.6. The lowest BCUT2D eigenvalue weighted by molar-refractivity contribution is -0.694. The van der Waals surface area contributed by atoms with Crippen molar-refractivity contribution in [2.24, 2.45) is 11.7 Å². The average Bonchev–Trinajstić information content (AvgIpc) is 3.49. The predicted octanol–water partition coefficient (Wildman–Crippen LogP) is 4.95. The Labute approximate surface area is 201 Å². The number of carbonyl (C=O) groups is 1. The molecule has 1 amide bonds. The molecule has 0 unspecified atom stereocenters. The van der Waals surface area contributed by atoms with Crippen LogP contribution in [0, 0.1) is 12.8 Å². The summed E-state index contributed by atoms with van der Waals surface area (Å²) in [6.45, 7) is 3.04. The number of hydrogen-bond acceptors (Lipinski definition) is 1. The van der Waals surface area contributed by atoms with Crippen molar-refractivity contribution in [2.45, 2.75) is 44.2 Å². The maximum Gasteiger partial charge on any atom is 0.253 e. The monoisotopic (exact) mass is 450 g/mol. The van der Waals surface area contributed by atoms with Crippen molar-refractivity contribution in [3.63, 3.8) is 0 Å². The zero-order chi connectivity index (χ0) is 23.5. The molecule has 0 aliphatic heterocycles. The summed E-state index contributed by atoms with van der Waals surface area (Å²) < 4.78 is 4.70. The van der Waals surface area contributed by atoms with Crippen LogP contribution < -0.4 is 10.3 Å². The van der Waals surface area contributed by atoms with Gasteiger partial charge >= 0.3 is 0 Å². The fourth-order valence-corrected chi connectivity index (χ4v) is 5.98. The minimum Gasteiger partial charge on any atom is -0.369 e. The van der Waals surface area contributed by atoms with Gasteiger partial charge in [-0.1, -0.05) is 91.0 Å². The number of rotatable bonds is 7. The molecule has 0 radical (unpaired) electrons. The Morgan fingerprint density at radius 2 is 1.47 bits per heavy atom. The quantitative estimate of drug-likeness (QED) is 0.398. The van der Waals surface area contributed by atoms with Gasteiger partial charge in [0, 0.05) is 6.92 Å². The Kier molecular flexibility index (Phi) is 6.06. The second-order valence-electron chi connectivity index (χ2n) is 9.43. The van der Waals surface area contributed by atoms with E-state index in [2.05, 4.69) is 83.0 Å². The number of primary amides is 1. The lowest BCUT2D eigenvalue weighted by Gasteiger charge is -2.37. The van der Waals surface area contributed by atoms with E-state index in [4.69, 9.17) is 5.73 Å². The Morgan fingerprint density at radius 1 is 0.912 bits per heavy atom. The first-order valence-corrected chi connectivity index (χ1v) is 12.1. The molecule has 1 aliphatic carbocycles. The molecule has 1 fully saturated rings. The van der Waals surface area contributed by atoms with E-state index < -0.39 is 5.41 Å². The van der Waals surface area contributed by atoms with Crippen LogP contribution in [0.1, 0.15) is 47.8 Å². The number of nitrogens with two attached hydrogens (primary N) is 1. The van der Waals surface area contributed by atoms with Gasteiger partial charge in [-0.2, -0.15) is 0 Å². The van der Waals surface area contributed by atoms with E-state index in [9.17, 15) is 4.79 Å². The van der Waals surface area contributed by atoms with Crippen molar-refractivity contribution in [3.05, 3.63) is 126 Å². The SMILES string of the molecule is Cc1n([C@H]2CC[C@H](C(C(N)=O)(c3ccccc3)c3ccccc3)C2)cc[n+]1Cc1ccccc1. The third-order valence-corrected chi connectivity index (χ3v) is 7.65. The van der Waals surface area contributed by atoms with E-state index in [0.29, 0.717) is 6.04 Å². The van der Waals surface area contributed by atoms with E-state index in [1.165, 1.54) is 11.4 Å². The molecule has 5 rings (SSSR count). The molecule has 2 atom stereocenters. The molecule has 4 aromatic rings. The number of aromatic nitrogens is 2. The smallest absolute Gasteiger partial charge is 0.253 e. The van der Waals surface area contributed by atoms with E-state index in [-0.39, 0.29) is 11.8 Å². The van der Waals surface area contributed by atoms with Gasteiger partial charge < -0.3 is 5.73 Å². The number of nitrogens with zero attached hydrogens (tertiary/aromatic N) is 2.